The van der Waals surface area contributed by atoms with Crippen molar-refractivity contribution in [1.29, 1.82) is 0 Å². The molecule has 0 spiro atoms. The molecule has 0 aliphatic rings. The molecule has 0 fully saturated rings. The van der Waals surface area contributed by atoms with E-state index in [1.807, 2.05) is 32.9 Å². The minimum atomic E-state index is -1.06. The molecule has 0 aromatic heterocycles. The Morgan fingerprint density at radius 1 is 0.519 bits per heavy atom. The van der Waals surface area contributed by atoms with Crippen molar-refractivity contribution in [3.63, 3.8) is 0 Å². The van der Waals surface area contributed by atoms with E-state index in [1.54, 1.807) is 60.7 Å². The number of benzene rings is 2. The van der Waals surface area contributed by atoms with Crippen LogP contribution in [0.5, 0.6) is 0 Å². The van der Waals surface area contributed by atoms with Gasteiger partial charge in [0.15, 0.2) is 0 Å². The lowest BCUT2D eigenvalue weighted by Gasteiger charge is -2.27. The Kier molecular flexibility index (Phi) is 26.5. The van der Waals surface area contributed by atoms with Crippen LogP contribution in [0.25, 0.3) is 0 Å². The number of nitrogens with zero attached hydrogens (tertiary/aromatic N) is 1. The summed E-state index contributed by atoms with van der Waals surface area (Å²) in [4.78, 5) is 36.1. The molecule has 308 valence electrons. The zero-order valence-electron chi connectivity index (χ0n) is 34.7. The third kappa shape index (κ3) is 31.7. The van der Waals surface area contributed by atoms with Gasteiger partial charge in [-0.2, -0.15) is 0 Å². The van der Waals surface area contributed by atoms with Crippen LogP contribution >= 0.6 is 31.9 Å². The lowest BCUT2D eigenvalue weighted by Crippen LogP contribution is -2.38. The summed E-state index contributed by atoms with van der Waals surface area (Å²) in [6.45, 7) is 18.6. The lowest BCUT2D eigenvalue weighted by molar-refractivity contribution is -0.0294. The number of methoxy groups -OCH3 is 2. The minimum Gasteiger partial charge on any atom is -0.444 e. The number of ether oxygens (including phenoxy) is 6. The van der Waals surface area contributed by atoms with E-state index in [-0.39, 0.29) is 6.09 Å². The van der Waals surface area contributed by atoms with Crippen LogP contribution < -0.4 is 0 Å². The van der Waals surface area contributed by atoms with Crippen LogP contribution in [0.2, 0.25) is 0 Å². The molecule has 0 aliphatic heterocycles. The quantitative estimate of drug-likeness (QED) is 0.0704. The number of hydrogen-bond acceptors (Lipinski definition) is 9. The SMILES string of the molecule is CC(C)(C)OC(=O)OC(=O)OC(C)(C)C.COCCCCCCCc1ccc(Br)cc1.COCCCN(CCCc1ccc(Br)cc1)C(=O)OC(C)(C)C. The van der Waals surface area contributed by atoms with E-state index >= 15 is 0 Å². The average molecular weight is 890 g/mol. The van der Waals surface area contributed by atoms with Gasteiger partial charge in [-0.05, 0) is 136 Å². The number of carbonyl (C=O) groups excluding carboxylic acids is 3. The Bertz CT molecular complexity index is 1270. The summed E-state index contributed by atoms with van der Waals surface area (Å²) >= 11 is 6.89. The van der Waals surface area contributed by atoms with Gasteiger partial charge in [-0.1, -0.05) is 75.4 Å². The lowest BCUT2D eigenvalue weighted by atomic mass is 10.1. The summed E-state index contributed by atoms with van der Waals surface area (Å²) < 4.78 is 31.6. The summed E-state index contributed by atoms with van der Waals surface area (Å²) in [5.74, 6) is 0. The molecular weight excluding hydrogens is 822 g/mol. The van der Waals surface area contributed by atoms with E-state index in [1.165, 1.54) is 49.7 Å². The van der Waals surface area contributed by atoms with E-state index in [2.05, 4.69) is 73.0 Å². The number of aryl methyl sites for hydroxylation is 2. The second kappa shape index (κ2) is 27.8. The van der Waals surface area contributed by atoms with Gasteiger partial charge < -0.3 is 33.3 Å². The third-order valence-electron chi connectivity index (χ3n) is 6.91. The molecule has 0 unspecified atom stereocenters. The van der Waals surface area contributed by atoms with Gasteiger partial charge in [-0.15, -0.1) is 0 Å². The first-order chi connectivity index (χ1) is 25.1. The predicted molar refractivity (Wildman–Crippen MR) is 223 cm³/mol. The Morgan fingerprint density at radius 2 is 0.889 bits per heavy atom. The normalized spacial score (nSPS) is 11.3. The molecule has 54 heavy (non-hydrogen) atoms. The Balaban J connectivity index is 0.000000807. The molecule has 2 aromatic carbocycles. The van der Waals surface area contributed by atoms with Gasteiger partial charge in [-0.25, -0.2) is 14.4 Å². The fourth-order valence-corrected chi connectivity index (χ4v) is 5.04. The van der Waals surface area contributed by atoms with Crippen LogP contribution in [0.15, 0.2) is 57.5 Å². The Morgan fingerprint density at radius 3 is 1.31 bits per heavy atom. The zero-order chi connectivity index (χ0) is 41.2. The highest BCUT2D eigenvalue weighted by Gasteiger charge is 2.24. The maximum atomic E-state index is 12.3. The molecule has 0 bridgehead atoms. The summed E-state index contributed by atoms with van der Waals surface area (Å²) in [5, 5.41) is 0. The fourth-order valence-electron chi connectivity index (χ4n) is 4.51. The molecule has 0 saturated heterocycles. The standard InChI is InChI=1S/C18H28BrNO3.C14H21BrO.C10H18O5/c1-18(2,3)23-17(21)20(13-6-14-22-4)12-5-7-15-8-10-16(19)11-9-15;1-16-12-6-4-2-3-5-7-13-8-10-14(15)11-9-13;1-9(2,3)14-7(11)13-8(12)15-10(4,5)6/h8-11H,5-7,12-14H2,1-4H3;8-11H,2-7,12H2,1H3;1-6H3. The number of halogens is 2. The first kappa shape index (κ1) is 51.3. The van der Waals surface area contributed by atoms with Gasteiger partial charge in [0.2, 0.25) is 0 Å². The van der Waals surface area contributed by atoms with Crippen LogP contribution in [0, 0.1) is 0 Å². The first-order valence-corrected chi connectivity index (χ1v) is 20.3. The van der Waals surface area contributed by atoms with Gasteiger partial charge in [0, 0.05) is 49.5 Å². The molecule has 0 atom stereocenters. The molecule has 12 heteroatoms. The largest absolute Gasteiger partial charge is 0.519 e. The second-order valence-corrected chi connectivity index (χ2v) is 17.5. The summed E-state index contributed by atoms with van der Waals surface area (Å²) in [7, 11) is 3.44. The van der Waals surface area contributed by atoms with E-state index < -0.39 is 29.1 Å². The van der Waals surface area contributed by atoms with Crippen molar-refractivity contribution in [3.05, 3.63) is 68.6 Å². The van der Waals surface area contributed by atoms with Gasteiger partial charge in [-0.3, -0.25) is 0 Å². The van der Waals surface area contributed by atoms with Gasteiger partial charge >= 0.3 is 18.4 Å². The molecule has 0 heterocycles. The average Bonchev–Trinajstić information content (AvgIpc) is 3.03. The maximum Gasteiger partial charge on any atom is 0.519 e. The van der Waals surface area contributed by atoms with E-state index in [0.29, 0.717) is 19.7 Å². The summed E-state index contributed by atoms with van der Waals surface area (Å²) in [6.07, 6.45) is 7.98. The predicted octanol–water partition coefficient (Wildman–Crippen LogP) is 12.1. The van der Waals surface area contributed by atoms with Crippen molar-refractivity contribution >= 4 is 50.3 Å². The minimum absolute atomic E-state index is 0.246. The highest BCUT2D eigenvalue weighted by atomic mass is 79.9. The highest BCUT2D eigenvalue weighted by molar-refractivity contribution is 9.10. The van der Waals surface area contributed by atoms with Crippen LogP contribution in [-0.4, -0.2) is 80.6 Å². The smallest absolute Gasteiger partial charge is 0.444 e. The topological polar surface area (TPSA) is 110 Å². The van der Waals surface area contributed by atoms with Crippen molar-refractivity contribution in [3.8, 4) is 0 Å². The molecule has 2 aromatic rings. The third-order valence-corrected chi connectivity index (χ3v) is 7.97. The molecule has 10 nitrogen and oxygen atoms in total. The van der Waals surface area contributed by atoms with Crippen molar-refractivity contribution in [1.82, 2.24) is 4.90 Å². The van der Waals surface area contributed by atoms with Crippen molar-refractivity contribution in [2.75, 3.05) is 40.5 Å². The first-order valence-electron chi connectivity index (χ1n) is 18.7. The molecule has 0 N–H and O–H groups in total. The molecule has 0 saturated carbocycles. The number of carbonyl (C=O) groups is 3. The van der Waals surface area contributed by atoms with Crippen LogP contribution in [0.3, 0.4) is 0 Å². The van der Waals surface area contributed by atoms with Crippen LogP contribution in [-0.2, 0) is 41.3 Å². The van der Waals surface area contributed by atoms with Crippen molar-refractivity contribution in [2.24, 2.45) is 0 Å². The van der Waals surface area contributed by atoms with E-state index in [4.69, 9.17) is 23.7 Å². The molecular formula is C42H67Br2NO9. The van der Waals surface area contributed by atoms with Gasteiger partial charge in [0.05, 0.1) is 0 Å². The van der Waals surface area contributed by atoms with Crippen LogP contribution in [0.4, 0.5) is 14.4 Å². The Labute approximate surface area is 342 Å². The van der Waals surface area contributed by atoms with Gasteiger partial charge in [0.1, 0.15) is 16.8 Å². The number of rotatable bonds is 16. The molecule has 1 amide bonds. The highest BCUT2D eigenvalue weighted by Crippen LogP contribution is 2.16. The summed E-state index contributed by atoms with van der Waals surface area (Å²) in [5.41, 5.74) is 0.856. The van der Waals surface area contributed by atoms with Gasteiger partial charge in [0.25, 0.3) is 0 Å². The van der Waals surface area contributed by atoms with Crippen molar-refractivity contribution in [2.45, 2.75) is 137 Å². The monoisotopic (exact) mass is 887 g/mol. The second-order valence-electron chi connectivity index (χ2n) is 15.7. The molecule has 2 rings (SSSR count). The molecule has 0 aliphatic carbocycles. The zero-order valence-corrected chi connectivity index (χ0v) is 37.9. The van der Waals surface area contributed by atoms with Crippen molar-refractivity contribution < 1.29 is 42.8 Å². The van der Waals surface area contributed by atoms with E-state index in [0.717, 1.165) is 34.8 Å². The number of hydrogen-bond donors (Lipinski definition) is 0. The Hall–Kier alpha value is -2.67. The van der Waals surface area contributed by atoms with E-state index in [9.17, 15) is 14.4 Å². The summed E-state index contributed by atoms with van der Waals surface area (Å²) in [6, 6.07) is 16.9. The number of unbranched alkanes of at least 4 members (excludes halogenated alkanes) is 4. The number of amides is 1. The molecule has 0 radical (unpaired) electrons. The fraction of sp³-hybridized carbons (Fsp3) is 0.643. The van der Waals surface area contributed by atoms with Crippen LogP contribution in [0.1, 0.15) is 118 Å². The maximum absolute atomic E-state index is 12.3.